The SMILES string of the molecule is CC(C)Nc1cc(N2CCC(=O)CC2)c2noc3c2c1C(=O)c1ccccc1-3. The van der Waals surface area contributed by atoms with E-state index < -0.39 is 0 Å². The highest BCUT2D eigenvalue weighted by molar-refractivity contribution is 6.28. The number of piperidine rings is 1. The quantitative estimate of drug-likeness (QED) is 0.583. The van der Waals surface area contributed by atoms with Gasteiger partial charge in [-0.25, -0.2) is 0 Å². The predicted octanol–water partition coefficient (Wildman–Crippen LogP) is 4.03. The van der Waals surface area contributed by atoms with E-state index in [4.69, 9.17) is 4.52 Å². The van der Waals surface area contributed by atoms with E-state index in [1.54, 1.807) is 0 Å². The van der Waals surface area contributed by atoms with Crippen molar-refractivity contribution in [3.05, 3.63) is 41.5 Å². The maximum atomic E-state index is 13.4. The van der Waals surface area contributed by atoms with Crippen LogP contribution in [0.15, 0.2) is 34.9 Å². The van der Waals surface area contributed by atoms with Crippen molar-refractivity contribution in [2.24, 2.45) is 0 Å². The van der Waals surface area contributed by atoms with Crippen LogP contribution in [0.1, 0.15) is 42.6 Å². The zero-order valence-corrected chi connectivity index (χ0v) is 15.9. The molecule has 0 unspecified atom stereocenters. The number of benzene rings is 2. The van der Waals surface area contributed by atoms with E-state index >= 15 is 0 Å². The first kappa shape index (κ1) is 17.0. The number of anilines is 2. The third-order valence-electron chi connectivity index (χ3n) is 5.48. The summed E-state index contributed by atoms with van der Waals surface area (Å²) >= 11 is 0. The molecule has 0 spiro atoms. The first-order valence-corrected chi connectivity index (χ1v) is 9.68. The Morgan fingerprint density at radius 2 is 1.82 bits per heavy atom. The van der Waals surface area contributed by atoms with Crippen molar-refractivity contribution < 1.29 is 14.1 Å². The lowest BCUT2D eigenvalue weighted by molar-refractivity contribution is -0.119. The Balaban J connectivity index is 1.78. The Morgan fingerprint density at radius 1 is 1.11 bits per heavy atom. The van der Waals surface area contributed by atoms with Crippen LogP contribution in [0.3, 0.4) is 0 Å². The van der Waals surface area contributed by atoms with Crippen LogP contribution in [0.2, 0.25) is 0 Å². The van der Waals surface area contributed by atoms with Crippen molar-refractivity contribution in [2.75, 3.05) is 23.3 Å². The number of carbonyl (C=O) groups excluding carboxylic acids is 2. The maximum Gasteiger partial charge on any atom is 0.196 e. The van der Waals surface area contributed by atoms with Gasteiger partial charge in [0.25, 0.3) is 0 Å². The van der Waals surface area contributed by atoms with E-state index in [9.17, 15) is 9.59 Å². The molecule has 1 N–H and O–H groups in total. The summed E-state index contributed by atoms with van der Waals surface area (Å²) in [5.74, 6) is 0.914. The molecule has 3 aromatic rings. The van der Waals surface area contributed by atoms with Crippen molar-refractivity contribution in [3.8, 4) is 11.3 Å². The second-order valence-corrected chi connectivity index (χ2v) is 7.75. The summed E-state index contributed by atoms with van der Waals surface area (Å²) in [6.07, 6.45) is 1.06. The summed E-state index contributed by atoms with van der Waals surface area (Å²) in [7, 11) is 0. The third-order valence-corrected chi connectivity index (χ3v) is 5.48. The van der Waals surface area contributed by atoms with Crippen molar-refractivity contribution in [3.63, 3.8) is 0 Å². The molecule has 0 amide bonds. The molecule has 2 aliphatic rings. The Labute approximate surface area is 162 Å². The van der Waals surface area contributed by atoms with Crippen LogP contribution in [0.4, 0.5) is 11.4 Å². The zero-order valence-electron chi connectivity index (χ0n) is 15.9. The van der Waals surface area contributed by atoms with Crippen LogP contribution < -0.4 is 10.2 Å². The van der Waals surface area contributed by atoms with Crippen LogP contribution in [-0.2, 0) is 4.79 Å². The minimum atomic E-state index is -0.0141. The molecule has 2 heterocycles. The molecule has 0 radical (unpaired) electrons. The van der Waals surface area contributed by atoms with Gasteiger partial charge in [-0.05, 0) is 19.9 Å². The van der Waals surface area contributed by atoms with Crippen LogP contribution in [0.5, 0.6) is 0 Å². The highest BCUT2D eigenvalue weighted by Crippen LogP contribution is 2.46. The molecular weight excluding hydrogens is 354 g/mol. The van der Waals surface area contributed by atoms with Crippen molar-refractivity contribution in [1.29, 1.82) is 0 Å². The highest BCUT2D eigenvalue weighted by Gasteiger charge is 2.34. The summed E-state index contributed by atoms with van der Waals surface area (Å²) in [6.45, 7) is 5.40. The zero-order chi connectivity index (χ0) is 19.4. The molecular formula is C22H21N3O3. The molecule has 1 aromatic heterocycles. The van der Waals surface area contributed by atoms with Gasteiger partial charge >= 0.3 is 0 Å². The average Bonchev–Trinajstić information content (AvgIpc) is 3.12. The Morgan fingerprint density at radius 3 is 2.54 bits per heavy atom. The lowest BCUT2D eigenvalue weighted by Gasteiger charge is -2.30. The summed E-state index contributed by atoms with van der Waals surface area (Å²) in [5.41, 5.74) is 4.43. The van der Waals surface area contributed by atoms with Crippen molar-refractivity contribution in [2.45, 2.75) is 32.7 Å². The van der Waals surface area contributed by atoms with Gasteiger partial charge in [-0.1, -0.05) is 29.4 Å². The van der Waals surface area contributed by atoms with Crippen molar-refractivity contribution in [1.82, 2.24) is 5.16 Å². The fraction of sp³-hybridized carbons (Fsp3) is 0.318. The van der Waals surface area contributed by atoms with Gasteiger partial charge < -0.3 is 14.7 Å². The van der Waals surface area contributed by atoms with Gasteiger partial charge in [0.2, 0.25) is 0 Å². The number of nitrogens with zero attached hydrogens (tertiary/aromatic N) is 2. The van der Waals surface area contributed by atoms with E-state index in [0.717, 1.165) is 22.3 Å². The fourth-order valence-electron chi connectivity index (χ4n) is 4.21. The number of carbonyl (C=O) groups is 2. The van der Waals surface area contributed by atoms with Gasteiger partial charge in [0, 0.05) is 48.8 Å². The molecule has 5 rings (SSSR count). The first-order chi connectivity index (χ1) is 13.5. The van der Waals surface area contributed by atoms with Gasteiger partial charge in [0.05, 0.1) is 16.6 Å². The largest absolute Gasteiger partial charge is 0.382 e. The molecule has 0 bridgehead atoms. The van der Waals surface area contributed by atoms with Gasteiger partial charge in [0.1, 0.15) is 11.3 Å². The van der Waals surface area contributed by atoms with E-state index in [-0.39, 0.29) is 17.6 Å². The highest BCUT2D eigenvalue weighted by atomic mass is 16.5. The molecule has 1 aliphatic heterocycles. The molecule has 0 saturated carbocycles. The summed E-state index contributed by atoms with van der Waals surface area (Å²) in [4.78, 5) is 27.2. The lowest BCUT2D eigenvalue weighted by atomic mass is 9.86. The monoisotopic (exact) mass is 375 g/mol. The molecule has 1 saturated heterocycles. The first-order valence-electron chi connectivity index (χ1n) is 9.68. The Bertz CT molecular complexity index is 1120. The molecule has 2 aromatic carbocycles. The van der Waals surface area contributed by atoms with Gasteiger partial charge in [-0.15, -0.1) is 0 Å². The molecule has 1 fully saturated rings. The number of hydrogen-bond donors (Lipinski definition) is 1. The number of hydrogen-bond acceptors (Lipinski definition) is 6. The summed E-state index contributed by atoms with van der Waals surface area (Å²) in [5, 5.41) is 8.55. The van der Waals surface area contributed by atoms with Gasteiger partial charge in [-0.3, -0.25) is 9.59 Å². The van der Waals surface area contributed by atoms with E-state index in [1.165, 1.54) is 0 Å². The van der Waals surface area contributed by atoms with Gasteiger partial charge in [-0.2, -0.15) is 0 Å². The number of aromatic nitrogens is 1. The second-order valence-electron chi connectivity index (χ2n) is 7.75. The predicted molar refractivity (Wildman–Crippen MR) is 108 cm³/mol. The third kappa shape index (κ3) is 2.44. The molecule has 0 atom stereocenters. The number of Topliss-reactive ketones (excluding diaryl/α,β-unsaturated/α-hetero) is 1. The van der Waals surface area contributed by atoms with Crippen LogP contribution in [0.25, 0.3) is 22.2 Å². The minimum absolute atomic E-state index is 0.0141. The van der Waals surface area contributed by atoms with Crippen molar-refractivity contribution >= 4 is 33.8 Å². The topological polar surface area (TPSA) is 75.4 Å². The number of nitrogens with one attached hydrogen (secondary N) is 1. The van der Waals surface area contributed by atoms with Crippen LogP contribution in [-0.4, -0.2) is 35.9 Å². The second kappa shape index (κ2) is 6.19. The number of ketones is 2. The van der Waals surface area contributed by atoms with Crippen LogP contribution >= 0.6 is 0 Å². The van der Waals surface area contributed by atoms with Crippen LogP contribution in [0, 0.1) is 0 Å². The summed E-state index contributed by atoms with van der Waals surface area (Å²) < 4.78 is 5.76. The Hall–Kier alpha value is -3.15. The van der Waals surface area contributed by atoms with E-state index in [1.807, 2.05) is 44.2 Å². The smallest absolute Gasteiger partial charge is 0.196 e. The lowest BCUT2D eigenvalue weighted by Crippen LogP contribution is -2.34. The van der Waals surface area contributed by atoms with E-state index in [2.05, 4.69) is 15.4 Å². The maximum absolute atomic E-state index is 13.4. The standard InChI is InChI=1S/C22H21N3O3/c1-12(2)23-16-11-17(25-9-7-13(26)8-10-25)20-19-18(16)21(27)14-5-3-4-6-15(14)22(19)28-24-20/h3-6,11-12,23H,7-10H2,1-2H3. The number of rotatable bonds is 3. The number of fused-ring (bicyclic) bond motifs is 2. The average molecular weight is 375 g/mol. The summed E-state index contributed by atoms with van der Waals surface area (Å²) in [6, 6.07) is 9.66. The normalized spacial score (nSPS) is 16.0. The molecule has 1 aliphatic carbocycles. The molecule has 6 nitrogen and oxygen atoms in total. The molecule has 28 heavy (non-hydrogen) atoms. The molecule has 142 valence electrons. The molecule has 6 heteroatoms. The minimum Gasteiger partial charge on any atom is -0.382 e. The van der Waals surface area contributed by atoms with E-state index in [0.29, 0.717) is 48.3 Å². The fourth-order valence-corrected chi connectivity index (χ4v) is 4.21. The van der Waals surface area contributed by atoms with Gasteiger partial charge in [0.15, 0.2) is 11.5 Å². The Kier molecular flexibility index (Phi) is 3.75.